The summed E-state index contributed by atoms with van der Waals surface area (Å²) in [6, 6.07) is 5.40. The van der Waals surface area contributed by atoms with Crippen molar-refractivity contribution >= 4 is 34.4 Å². The maximum Gasteiger partial charge on any atom is 0.406 e. The molecule has 0 heterocycles. The van der Waals surface area contributed by atoms with Gasteiger partial charge in [-0.2, -0.15) is 13.2 Å². The summed E-state index contributed by atoms with van der Waals surface area (Å²) in [6.45, 7) is -0.920. The molecule has 1 aliphatic carbocycles. The van der Waals surface area contributed by atoms with E-state index in [4.69, 9.17) is 14.6 Å². The van der Waals surface area contributed by atoms with E-state index in [1.54, 1.807) is 31.2 Å². The van der Waals surface area contributed by atoms with Gasteiger partial charge in [0.05, 0.1) is 16.2 Å². The van der Waals surface area contributed by atoms with Crippen molar-refractivity contribution in [2.75, 3.05) is 32.9 Å². The van der Waals surface area contributed by atoms with E-state index in [0.29, 0.717) is 14.2 Å². The molecule has 2 rings (SSSR count). The average Bonchev–Trinajstić information content (AvgIpc) is 2.76. The van der Waals surface area contributed by atoms with Gasteiger partial charge in [-0.15, -0.1) is 0 Å². The Kier molecular flexibility index (Phi) is 10.4. The molecule has 0 unspecified atom stereocenters. The molecule has 0 saturated carbocycles. The number of nitrogens with one attached hydrogen (secondary N) is 1. The predicted molar refractivity (Wildman–Crippen MR) is 120 cm³/mol. The van der Waals surface area contributed by atoms with Crippen LogP contribution in [0.1, 0.15) is 13.3 Å². The Bertz CT molecular complexity index is 852. The van der Waals surface area contributed by atoms with Crippen molar-refractivity contribution in [1.29, 1.82) is 0 Å². The molecule has 12 heteroatoms. The van der Waals surface area contributed by atoms with Gasteiger partial charge in [-0.05, 0) is 47.7 Å². The molecule has 1 aromatic rings. The van der Waals surface area contributed by atoms with Gasteiger partial charge in [0.25, 0.3) is 0 Å². The zero-order chi connectivity index (χ0) is 24.6. The van der Waals surface area contributed by atoms with Gasteiger partial charge in [-0.3, -0.25) is 9.59 Å². The summed E-state index contributed by atoms with van der Waals surface area (Å²) in [5.41, 5.74) is 0.0334. The number of nitrogens with zero attached hydrogens (tertiary/aromatic N) is 1. The largest absolute Gasteiger partial charge is 0.482 e. The molecule has 3 N–H and O–H groups in total. The number of aliphatic hydroxyl groups excluding tert-OH is 2. The van der Waals surface area contributed by atoms with E-state index in [9.17, 15) is 27.9 Å². The van der Waals surface area contributed by atoms with Crippen LogP contribution in [0, 0.1) is 3.57 Å². The highest BCUT2D eigenvalue weighted by atomic mass is 127. The highest BCUT2D eigenvalue weighted by Crippen LogP contribution is 2.31. The number of para-hydroxylation sites is 1. The number of rotatable bonds is 10. The quantitative estimate of drug-likeness (QED) is 0.360. The molecule has 0 saturated heterocycles. The molecule has 33 heavy (non-hydrogen) atoms. The number of aliphatic hydroxyl groups is 2. The van der Waals surface area contributed by atoms with Gasteiger partial charge in [-0.25, -0.2) is 0 Å². The second kappa shape index (κ2) is 12.5. The van der Waals surface area contributed by atoms with Gasteiger partial charge in [0.1, 0.15) is 31.1 Å². The lowest BCUT2D eigenvalue weighted by Gasteiger charge is -2.40. The van der Waals surface area contributed by atoms with Gasteiger partial charge < -0.3 is 29.9 Å². The molecule has 1 aromatic carbocycles. The lowest BCUT2D eigenvalue weighted by molar-refractivity contribution is -0.175. The fraction of sp³-hybridized carbons (Fsp3) is 0.524. The van der Waals surface area contributed by atoms with Crippen LogP contribution in [0.2, 0.25) is 0 Å². The maximum absolute atomic E-state index is 13.3. The normalized spacial score (nSPS) is 20.7. The third-order valence-electron chi connectivity index (χ3n) is 4.81. The first-order valence-electron chi connectivity index (χ1n) is 10.2. The minimum absolute atomic E-state index is 0.0334. The van der Waals surface area contributed by atoms with E-state index in [0.717, 1.165) is 0 Å². The maximum atomic E-state index is 13.3. The molecule has 184 valence electrons. The molecule has 0 fully saturated rings. The van der Waals surface area contributed by atoms with Crippen LogP contribution in [0.4, 0.5) is 13.2 Å². The Balaban J connectivity index is 2.41. The number of amides is 2. The fourth-order valence-electron chi connectivity index (χ4n) is 3.32. The number of benzene rings is 1. The van der Waals surface area contributed by atoms with E-state index in [2.05, 4.69) is 5.32 Å². The van der Waals surface area contributed by atoms with Gasteiger partial charge in [0, 0.05) is 25.1 Å². The van der Waals surface area contributed by atoms with Crippen LogP contribution in [-0.4, -0.2) is 84.3 Å². The molecule has 0 spiro atoms. The van der Waals surface area contributed by atoms with Gasteiger partial charge >= 0.3 is 6.18 Å². The van der Waals surface area contributed by atoms with Gasteiger partial charge in [-0.1, -0.05) is 12.1 Å². The summed E-state index contributed by atoms with van der Waals surface area (Å²) >= 11 is 2.00. The number of carbonyl (C=O) groups excluding carboxylic acids is 2. The lowest BCUT2D eigenvalue weighted by Crippen LogP contribution is -2.57. The van der Waals surface area contributed by atoms with Crippen LogP contribution in [-0.2, 0) is 14.3 Å². The summed E-state index contributed by atoms with van der Waals surface area (Å²) in [6.07, 6.45) is -6.50. The smallest absolute Gasteiger partial charge is 0.406 e. The molecular weight excluding hydrogens is 560 g/mol. The molecular formula is C21H26F3IN2O6. The highest BCUT2D eigenvalue weighted by Gasteiger charge is 2.44. The van der Waals surface area contributed by atoms with Crippen LogP contribution < -0.4 is 10.1 Å². The minimum atomic E-state index is -4.74. The third-order valence-corrected chi connectivity index (χ3v) is 5.71. The van der Waals surface area contributed by atoms with Crippen molar-refractivity contribution < 1.29 is 42.4 Å². The van der Waals surface area contributed by atoms with E-state index < -0.39 is 49.4 Å². The number of ether oxygens (including phenoxy) is 2. The Morgan fingerprint density at radius 3 is 2.61 bits per heavy atom. The van der Waals surface area contributed by atoms with Crippen LogP contribution in [0.5, 0.6) is 5.75 Å². The first-order chi connectivity index (χ1) is 15.6. The Labute approximate surface area is 202 Å². The fourth-order valence-corrected chi connectivity index (χ4v) is 3.84. The molecule has 8 nitrogen and oxygen atoms in total. The third kappa shape index (κ3) is 8.12. The van der Waals surface area contributed by atoms with Crippen molar-refractivity contribution in [3.63, 3.8) is 0 Å². The van der Waals surface area contributed by atoms with Crippen molar-refractivity contribution in [3.05, 3.63) is 39.5 Å². The first kappa shape index (κ1) is 27.3. The van der Waals surface area contributed by atoms with Crippen molar-refractivity contribution in [3.8, 4) is 5.75 Å². The molecule has 3 atom stereocenters. The van der Waals surface area contributed by atoms with Crippen LogP contribution in [0.25, 0.3) is 0 Å². The average molecular weight is 586 g/mol. The summed E-state index contributed by atoms with van der Waals surface area (Å²) in [4.78, 5) is 25.6. The van der Waals surface area contributed by atoms with E-state index in [-0.39, 0.29) is 31.8 Å². The van der Waals surface area contributed by atoms with Crippen LogP contribution in [0.15, 0.2) is 35.9 Å². The Morgan fingerprint density at radius 2 is 2.00 bits per heavy atom. The van der Waals surface area contributed by atoms with Crippen molar-refractivity contribution in [1.82, 2.24) is 10.2 Å². The zero-order valence-corrected chi connectivity index (χ0v) is 20.0. The number of hydrogen-bond donors (Lipinski definition) is 3. The summed E-state index contributed by atoms with van der Waals surface area (Å²) < 4.78 is 51.5. The summed E-state index contributed by atoms with van der Waals surface area (Å²) in [5, 5.41) is 22.4. The van der Waals surface area contributed by atoms with E-state index in [1.165, 1.54) is 6.08 Å². The van der Waals surface area contributed by atoms with Gasteiger partial charge in [0.15, 0.2) is 0 Å². The van der Waals surface area contributed by atoms with Crippen LogP contribution >= 0.6 is 22.6 Å². The molecule has 0 aliphatic heterocycles. The Hall–Kier alpha value is -1.90. The monoisotopic (exact) mass is 586 g/mol. The standard InChI is InChI=1S/C21H26F3IN2O6/c1-2-32-11-18(29)27(12-21(22,23)24)15-9-13(20(31)26-7-8-28)10-17(19(15)30)33-16-6-4-3-5-14(16)25/h3-6,10,15,17,19,28,30H,2,7-9,11-12H2,1H3,(H,26,31)/t15-,17+,19+/m1/s1. The van der Waals surface area contributed by atoms with E-state index >= 15 is 0 Å². The lowest BCUT2D eigenvalue weighted by atomic mass is 9.88. The molecule has 2 amide bonds. The SMILES string of the molecule is CCOCC(=O)N(CC(F)(F)F)[C@@H]1CC(C(=O)NCCO)=C[C@H](Oc2ccccc2I)[C@H]1O. The number of hydrogen-bond acceptors (Lipinski definition) is 6. The molecule has 0 bridgehead atoms. The zero-order valence-electron chi connectivity index (χ0n) is 17.8. The minimum Gasteiger partial charge on any atom is -0.482 e. The Morgan fingerprint density at radius 1 is 1.30 bits per heavy atom. The number of carbonyl (C=O) groups is 2. The molecule has 0 aromatic heterocycles. The summed E-state index contributed by atoms with van der Waals surface area (Å²) in [5.74, 6) is -1.25. The second-order valence-corrected chi connectivity index (χ2v) is 8.38. The second-order valence-electron chi connectivity index (χ2n) is 7.22. The van der Waals surface area contributed by atoms with Gasteiger partial charge in [0.2, 0.25) is 11.8 Å². The summed E-state index contributed by atoms with van der Waals surface area (Å²) in [7, 11) is 0. The predicted octanol–water partition coefficient (Wildman–Crippen LogP) is 1.63. The van der Waals surface area contributed by atoms with Crippen LogP contribution in [0.3, 0.4) is 0 Å². The highest BCUT2D eigenvalue weighted by molar-refractivity contribution is 14.1. The first-order valence-corrected chi connectivity index (χ1v) is 11.3. The van der Waals surface area contributed by atoms with E-state index in [1.807, 2.05) is 22.6 Å². The molecule has 1 aliphatic rings. The topological polar surface area (TPSA) is 108 Å². The number of halogens is 4. The number of alkyl halides is 3. The molecule has 0 radical (unpaired) electrons. The van der Waals surface area contributed by atoms with Crippen molar-refractivity contribution in [2.45, 2.75) is 37.8 Å². The van der Waals surface area contributed by atoms with Crippen molar-refractivity contribution in [2.24, 2.45) is 0 Å².